The van der Waals surface area contributed by atoms with E-state index in [2.05, 4.69) is 31.0 Å². The fourth-order valence-electron chi connectivity index (χ4n) is 9.41. The van der Waals surface area contributed by atoms with E-state index in [0.29, 0.717) is 23.7 Å². The molecule has 3 N–H and O–H groups in total. The van der Waals surface area contributed by atoms with Crippen molar-refractivity contribution in [1.29, 1.82) is 0 Å². The second-order valence-corrected chi connectivity index (χ2v) is 16.9. The highest BCUT2D eigenvalue weighted by Gasteiger charge is 2.60. The molecule has 12 nitrogen and oxygen atoms in total. The molecule has 3 fully saturated rings. The van der Waals surface area contributed by atoms with Crippen LogP contribution < -0.4 is 0 Å². The van der Waals surface area contributed by atoms with Gasteiger partial charge in [-0.05, 0) is 97.7 Å². The quantitative estimate of drug-likeness (QED) is 0.192. The predicted molar refractivity (Wildman–Crippen MR) is 153 cm³/mol. The van der Waals surface area contributed by atoms with Crippen molar-refractivity contribution in [3.05, 3.63) is 11.6 Å². The molecule has 0 aromatic rings. The number of fused-ring (bicyclic) bond motifs is 5. The van der Waals surface area contributed by atoms with Crippen molar-refractivity contribution >= 4 is 31.2 Å². The van der Waals surface area contributed by atoms with Crippen LogP contribution in [0.4, 0.5) is 0 Å². The molecule has 0 aliphatic heterocycles. The monoisotopic (exact) mass is 658 g/mol. The molecule has 10 atom stereocenters. The minimum Gasteiger partial charge on any atom is -0.264 e. The molecule has 0 aromatic heterocycles. The SMILES string of the molecule is C[C@H](CCC[C@@H](C)[C@H]1CC[C@@H]2[C@H]3CC=C4C[C@H](OS(=O)(=O)O)[C@@H](OS(=O)(=O)O)C[C@]4(C)[C@@H]3CC[C@@]21C)COS(=O)(=O)O. The van der Waals surface area contributed by atoms with Gasteiger partial charge in [-0.1, -0.05) is 52.2 Å². The minimum atomic E-state index is -4.89. The Labute approximate surface area is 250 Å². The van der Waals surface area contributed by atoms with Gasteiger partial charge in [0.2, 0.25) is 0 Å². The Balaban J connectivity index is 1.45. The lowest BCUT2D eigenvalue weighted by atomic mass is 9.46. The summed E-state index contributed by atoms with van der Waals surface area (Å²) in [6.45, 7) is 8.66. The Morgan fingerprint density at radius 2 is 1.52 bits per heavy atom. The Hall–Kier alpha value is -0.650. The standard InChI is InChI=1S/C27H46O12S3/c1-17(16-37-40(28,29)30)6-5-7-18(2)21-10-11-22-20-9-8-19-14-24(38-41(31,32)33)25(39-42(34,35)36)15-27(19,4)23(20)12-13-26(21,22)3/h8,17-18,20-25H,5-7,9-16H2,1-4H3,(H,28,29,30)(H,31,32,33)(H,34,35,36)/t17-,18-,20-,21-,22-,23-,24+,25+,26-,27+/m1/s1. The zero-order valence-electron chi connectivity index (χ0n) is 24.7. The topological polar surface area (TPSA) is 191 Å². The van der Waals surface area contributed by atoms with Crippen molar-refractivity contribution in [2.75, 3.05) is 6.61 Å². The van der Waals surface area contributed by atoms with Crippen molar-refractivity contribution in [2.45, 2.75) is 104 Å². The van der Waals surface area contributed by atoms with Gasteiger partial charge in [0.25, 0.3) is 0 Å². The number of hydrogen-bond acceptors (Lipinski definition) is 9. The van der Waals surface area contributed by atoms with Crippen LogP contribution in [0.5, 0.6) is 0 Å². The molecule has 0 bridgehead atoms. The molecule has 0 aromatic carbocycles. The first-order chi connectivity index (χ1) is 19.2. The maximum atomic E-state index is 11.6. The van der Waals surface area contributed by atoms with Gasteiger partial charge >= 0.3 is 31.2 Å². The predicted octanol–water partition coefficient (Wildman–Crippen LogP) is 4.81. The second kappa shape index (κ2) is 12.3. The summed E-state index contributed by atoms with van der Waals surface area (Å²) in [7, 11) is -14.2. The van der Waals surface area contributed by atoms with E-state index in [1.807, 2.05) is 6.92 Å². The van der Waals surface area contributed by atoms with Gasteiger partial charge in [0.05, 0.1) is 6.61 Å². The highest BCUT2D eigenvalue weighted by molar-refractivity contribution is 7.81. The molecule has 0 amide bonds. The van der Waals surface area contributed by atoms with Gasteiger partial charge in [-0.3, -0.25) is 13.7 Å². The molecule has 0 spiro atoms. The van der Waals surface area contributed by atoms with Crippen LogP contribution in [0.2, 0.25) is 0 Å². The van der Waals surface area contributed by atoms with Crippen LogP contribution in [0.3, 0.4) is 0 Å². The summed E-state index contributed by atoms with van der Waals surface area (Å²) < 4.78 is 110. The van der Waals surface area contributed by atoms with Crippen LogP contribution in [0.15, 0.2) is 11.6 Å². The summed E-state index contributed by atoms with van der Waals surface area (Å²) in [5.74, 6) is 2.12. The van der Waals surface area contributed by atoms with E-state index in [4.69, 9.17) is 12.9 Å². The third kappa shape index (κ3) is 7.76. The molecule has 0 saturated heterocycles. The van der Waals surface area contributed by atoms with Crippen LogP contribution in [-0.2, 0) is 43.7 Å². The first-order valence-electron chi connectivity index (χ1n) is 14.8. The number of allylic oxidation sites excluding steroid dienone is 1. The lowest BCUT2D eigenvalue weighted by Crippen LogP contribution is -2.54. The molecular formula is C27H46O12S3. The van der Waals surface area contributed by atoms with E-state index < -0.39 is 48.8 Å². The van der Waals surface area contributed by atoms with E-state index in [1.165, 1.54) is 0 Å². The smallest absolute Gasteiger partial charge is 0.264 e. The average Bonchev–Trinajstić information content (AvgIpc) is 3.18. The molecule has 0 radical (unpaired) electrons. The fraction of sp³-hybridized carbons (Fsp3) is 0.926. The Kier molecular flexibility index (Phi) is 10.0. The summed E-state index contributed by atoms with van der Waals surface area (Å²) >= 11 is 0. The van der Waals surface area contributed by atoms with Gasteiger partial charge in [0.15, 0.2) is 0 Å². The molecule has 4 aliphatic carbocycles. The zero-order valence-corrected chi connectivity index (χ0v) is 27.2. The lowest BCUT2D eigenvalue weighted by molar-refractivity contribution is -0.0793. The van der Waals surface area contributed by atoms with Crippen LogP contribution >= 0.6 is 0 Å². The normalized spacial score (nSPS) is 38.6. The molecule has 244 valence electrons. The first kappa shape index (κ1) is 34.2. The van der Waals surface area contributed by atoms with Crippen LogP contribution in [0.25, 0.3) is 0 Å². The largest absolute Gasteiger partial charge is 0.397 e. The summed E-state index contributed by atoms with van der Waals surface area (Å²) in [6, 6.07) is 0. The summed E-state index contributed by atoms with van der Waals surface area (Å²) in [5, 5.41) is 0. The molecular weight excluding hydrogens is 612 g/mol. The average molecular weight is 659 g/mol. The Morgan fingerprint density at radius 3 is 2.14 bits per heavy atom. The van der Waals surface area contributed by atoms with Crippen molar-refractivity contribution in [2.24, 2.45) is 46.3 Å². The van der Waals surface area contributed by atoms with Gasteiger partial charge in [-0.15, -0.1) is 0 Å². The van der Waals surface area contributed by atoms with Crippen molar-refractivity contribution in [3.63, 3.8) is 0 Å². The highest BCUT2D eigenvalue weighted by Crippen LogP contribution is 2.67. The third-order valence-electron chi connectivity index (χ3n) is 11.2. The van der Waals surface area contributed by atoms with E-state index in [-0.39, 0.29) is 36.7 Å². The third-order valence-corrected chi connectivity index (χ3v) is 12.6. The van der Waals surface area contributed by atoms with Gasteiger partial charge in [-0.25, -0.2) is 12.5 Å². The Bertz CT molecular complexity index is 1340. The summed E-state index contributed by atoms with van der Waals surface area (Å²) in [5.41, 5.74) is 0.659. The van der Waals surface area contributed by atoms with Gasteiger partial charge in [-0.2, -0.15) is 25.3 Å². The van der Waals surface area contributed by atoms with Crippen LogP contribution in [-0.4, -0.2) is 57.7 Å². The van der Waals surface area contributed by atoms with E-state index in [9.17, 15) is 34.4 Å². The molecule has 0 heterocycles. The molecule has 42 heavy (non-hydrogen) atoms. The van der Waals surface area contributed by atoms with E-state index in [0.717, 1.165) is 56.9 Å². The molecule has 0 unspecified atom stereocenters. The highest BCUT2D eigenvalue weighted by atomic mass is 32.3. The minimum absolute atomic E-state index is 0.0112. The summed E-state index contributed by atoms with van der Waals surface area (Å²) in [4.78, 5) is 0. The maximum Gasteiger partial charge on any atom is 0.397 e. The van der Waals surface area contributed by atoms with E-state index in [1.54, 1.807) is 0 Å². The lowest BCUT2D eigenvalue weighted by Gasteiger charge is -2.59. The zero-order chi connectivity index (χ0) is 31.3. The maximum absolute atomic E-state index is 11.6. The van der Waals surface area contributed by atoms with Crippen LogP contribution in [0.1, 0.15) is 91.9 Å². The summed E-state index contributed by atoms with van der Waals surface area (Å²) in [6.07, 6.45) is 7.59. The number of hydrogen-bond donors (Lipinski definition) is 3. The molecule has 15 heteroatoms. The van der Waals surface area contributed by atoms with Crippen LogP contribution in [0, 0.1) is 46.3 Å². The fourth-order valence-corrected chi connectivity index (χ4v) is 10.8. The number of rotatable bonds is 12. The van der Waals surface area contributed by atoms with E-state index >= 15 is 0 Å². The molecule has 3 saturated carbocycles. The van der Waals surface area contributed by atoms with Crippen molar-refractivity contribution in [1.82, 2.24) is 0 Å². The first-order valence-corrected chi connectivity index (χ1v) is 18.9. The van der Waals surface area contributed by atoms with Gasteiger partial charge < -0.3 is 0 Å². The van der Waals surface area contributed by atoms with Crippen molar-refractivity contribution in [3.8, 4) is 0 Å². The second-order valence-electron chi connectivity index (χ2n) is 13.7. The van der Waals surface area contributed by atoms with Gasteiger partial charge in [0.1, 0.15) is 12.2 Å². The molecule has 4 aliphatic rings. The molecule has 4 rings (SSSR count). The van der Waals surface area contributed by atoms with Crippen molar-refractivity contribution < 1.29 is 51.5 Å². The van der Waals surface area contributed by atoms with Gasteiger partial charge in [0, 0.05) is 0 Å². The Morgan fingerprint density at radius 1 is 0.881 bits per heavy atom.